The second-order valence-electron chi connectivity index (χ2n) is 4.09. The molecule has 0 radical (unpaired) electrons. The molecule has 0 saturated carbocycles. The summed E-state index contributed by atoms with van der Waals surface area (Å²) in [6, 6.07) is 7.11. The maximum atomic E-state index is 13.9. The molecule has 0 N–H and O–H groups in total. The highest BCUT2D eigenvalue weighted by Gasteiger charge is 2.39. The van der Waals surface area contributed by atoms with Gasteiger partial charge in [0.2, 0.25) is 0 Å². The van der Waals surface area contributed by atoms with E-state index >= 15 is 0 Å². The fraction of sp³-hybridized carbons (Fsp3) is 0.0714. The SMILES string of the molecule is N#Cc1c(F)cc(-c2ccc(Br)cc2)c(C(F)(F)F)c1F. The third kappa shape index (κ3) is 2.90. The minimum absolute atomic E-state index is 0.00665. The third-order valence-electron chi connectivity index (χ3n) is 2.77. The number of benzene rings is 2. The summed E-state index contributed by atoms with van der Waals surface area (Å²) in [4.78, 5) is 0. The molecule has 1 nitrogen and oxygen atoms in total. The van der Waals surface area contributed by atoms with Crippen molar-refractivity contribution in [2.24, 2.45) is 0 Å². The second kappa shape index (κ2) is 5.45. The van der Waals surface area contributed by atoms with Gasteiger partial charge in [0.05, 0.1) is 0 Å². The molecule has 0 heterocycles. The second-order valence-corrected chi connectivity index (χ2v) is 5.00. The average Bonchev–Trinajstić information content (AvgIpc) is 2.37. The van der Waals surface area contributed by atoms with Crippen LogP contribution < -0.4 is 0 Å². The van der Waals surface area contributed by atoms with Crippen molar-refractivity contribution in [2.75, 3.05) is 0 Å². The number of halogens is 6. The lowest BCUT2D eigenvalue weighted by Crippen LogP contribution is -2.13. The molecule has 0 aliphatic rings. The van der Waals surface area contributed by atoms with E-state index < -0.39 is 34.5 Å². The van der Waals surface area contributed by atoms with Crippen molar-refractivity contribution in [1.29, 1.82) is 5.26 Å². The summed E-state index contributed by atoms with van der Waals surface area (Å²) in [5.41, 5.74) is -3.55. The Balaban J connectivity index is 2.83. The van der Waals surface area contributed by atoms with E-state index in [0.717, 1.165) is 6.07 Å². The molecule has 108 valence electrons. The van der Waals surface area contributed by atoms with E-state index in [4.69, 9.17) is 5.26 Å². The molecule has 0 atom stereocenters. The molecule has 0 unspecified atom stereocenters. The molecule has 2 aromatic carbocycles. The van der Waals surface area contributed by atoms with Gasteiger partial charge in [0, 0.05) is 4.47 Å². The van der Waals surface area contributed by atoms with Gasteiger partial charge in [-0.05, 0) is 29.3 Å². The highest BCUT2D eigenvalue weighted by Crippen LogP contribution is 2.40. The van der Waals surface area contributed by atoms with Gasteiger partial charge in [-0.25, -0.2) is 8.78 Å². The fourth-order valence-electron chi connectivity index (χ4n) is 1.86. The van der Waals surface area contributed by atoms with E-state index in [0.29, 0.717) is 10.5 Å². The van der Waals surface area contributed by atoms with Crippen LogP contribution in [0.4, 0.5) is 22.0 Å². The minimum Gasteiger partial charge on any atom is -0.205 e. The van der Waals surface area contributed by atoms with Crippen molar-refractivity contribution in [2.45, 2.75) is 6.18 Å². The Morgan fingerprint density at radius 1 is 1.05 bits per heavy atom. The molecule has 0 bridgehead atoms. The molecule has 0 aromatic heterocycles. The highest BCUT2D eigenvalue weighted by atomic mass is 79.9. The molecule has 0 fully saturated rings. The van der Waals surface area contributed by atoms with Crippen molar-refractivity contribution in [3.05, 3.63) is 57.6 Å². The van der Waals surface area contributed by atoms with E-state index in [-0.39, 0.29) is 5.56 Å². The molecule has 0 saturated heterocycles. The van der Waals surface area contributed by atoms with Gasteiger partial charge in [-0.15, -0.1) is 0 Å². The summed E-state index contributed by atoms with van der Waals surface area (Å²) in [7, 11) is 0. The van der Waals surface area contributed by atoms with Crippen LogP contribution in [-0.4, -0.2) is 0 Å². The van der Waals surface area contributed by atoms with E-state index in [1.54, 1.807) is 0 Å². The van der Waals surface area contributed by atoms with Crippen molar-refractivity contribution in [3.8, 4) is 17.2 Å². The van der Waals surface area contributed by atoms with Crippen molar-refractivity contribution in [1.82, 2.24) is 0 Å². The van der Waals surface area contributed by atoms with Crippen LogP contribution in [0.25, 0.3) is 11.1 Å². The first-order valence-electron chi connectivity index (χ1n) is 5.51. The molecule has 0 aliphatic heterocycles. The Hall–Kier alpha value is -1.94. The summed E-state index contributed by atoms with van der Waals surface area (Å²) in [6.07, 6.45) is -5.05. The van der Waals surface area contributed by atoms with Crippen molar-refractivity contribution >= 4 is 15.9 Å². The van der Waals surface area contributed by atoms with Crippen LogP contribution in [0, 0.1) is 23.0 Å². The standard InChI is InChI=1S/C14H5BrF5N/c15-8-3-1-7(2-4-8)9-5-11(16)10(6-21)13(17)12(9)14(18,19)20/h1-5H. The molecule has 0 spiro atoms. The van der Waals surface area contributed by atoms with Crippen LogP contribution in [0.3, 0.4) is 0 Å². The summed E-state index contributed by atoms with van der Waals surface area (Å²) in [5.74, 6) is -3.23. The number of hydrogen-bond acceptors (Lipinski definition) is 1. The zero-order valence-corrected chi connectivity index (χ0v) is 11.7. The van der Waals surface area contributed by atoms with Crippen molar-refractivity contribution < 1.29 is 22.0 Å². The van der Waals surface area contributed by atoms with Crippen LogP contribution in [0.1, 0.15) is 11.1 Å². The first-order valence-corrected chi connectivity index (χ1v) is 6.30. The molecule has 21 heavy (non-hydrogen) atoms. The number of alkyl halides is 3. The van der Waals surface area contributed by atoms with Crippen LogP contribution in [0.5, 0.6) is 0 Å². The number of hydrogen-bond donors (Lipinski definition) is 0. The Morgan fingerprint density at radius 3 is 2.10 bits per heavy atom. The van der Waals surface area contributed by atoms with Gasteiger partial charge < -0.3 is 0 Å². The van der Waals surface area contributed by atoms with Gasteiger partial charge in [-0.1, -0.05) is 28.1 Å². The van der Waals surface area contributed by atoms with Gasteiger partial charge in [0.15, 0.2) is 5.82 Å². The smallest absolute Gasteiger partial charge is 0.205 e. The number of rotatable bonds is 1. The zero-order chi connectivity index (χ0) is 15.8. The molecule has 7 heteroatoms. The molecule has 2 aromatic rings. The average molecular weight is 362 g/mol. The highest BCUT2D eigenvalue weighted by molar-refractivity contribution is 9.10. The molecular formula is C14H5BrF5N. The molecule has 0 aliphatic carbocycles. The first kappa shape index (κ1) is 15.4. The van der Waals surface area contributed by atoms with Crippen LogP contribution in [0.15, 0.2) is 34.8 Å². The van der Waals surface area contributed by atoms with Crippen LogP contribution in [-0.2, 0) is 6.18 Å². The van der Waals surface area contributed by atoms with Gasteiger partial charge in [0.25, 0.3) is 0 Å². The van der Waals surface area contributed by atoms with Gasteiger partial charge in [-0.3, -0.25) is 0 Å². The van der Waals surface area contributed by atoms with Gasteiger partial charge >= 0.3 is 6.18 Å². The maximum absolute atomic E-state index is 13.9. The third-order valence-corrected chi connectivity index (χ3v) is 3.30. The predicted octanol–water partition coefficient (Wildman–Crippen LogP) is 5.28. The lowest BCUT2D eigenvalue weighted by molar-refractivity contribution is -0.139. The number of nitriles is 1. The minimum atomic E-state index is -5.05. The lowest BCUT2D eigenvalue weighted by Gasteiger charge is -2.15. The van der Waals surface area contributed by atoms with Crippen LogP contribution >= 0.6 is 15.9 Å². The fourth-order valence-corrected chi connectivity index (χ4v) is 2.12. The summed E-state index contributed by atoms with van der Waals surface area (Å²) in [5, 5.41) is 8.58. The van der Waals surface area contributed by atoms with Gasteiger partial charge in [0.1, 0.15) is 23.0 Å². The topological polar surface area (TPSA) is 23.8 Å². The van der Waals surface area contributed by atoms with Gasteiger partial charge in [-0.2, -0.15) is 18.4 Å². The summed E-state index contributed by atoms with van der Waals surface area (Å²) in [6.45, 7) is 0. The van der Waals surface area contributed by atoms with E-state index in [1.807, 2.05) is 0 Å². The normalized spacial score (nSPS) is 11.3. The first-order chi connectivity index (χ1) is 9.75. The maximum Gasteiger partial charge on any atom is 0.419 e. The Morgan fingerprint density at radius 2 is 1.62 bits per heavy atom. The monoisotopic (exact) mass is 361 g/mol. The van der Waals surface area contributed by atoms with E-state index in [1.165, 1.54) is 24.3 Å². The Kier molecular flexibility index (Phi) is 4.01. The largest absolute Gasteiger partial charge is 0.419 e. The zero-order valence-electron chi connectivity index (χ0n) is 10.1. The molecule has 2 rings (SSSR count). The Bertz CT molecular complexity index is 729. The van der Waals surface area contributed by atoms with Crippen LogP contribution in [0.2, 0.25) is 0 Å². The summed E-state index contributed by atoms with van der Waals surface area (Å²) < 4.78 is 67.2. The number of nitrogens with zero attached hydrogens (tertiary/aromatic N) is 1. The Labute approximate surface area is 124 Å². The molecule has 0 amide bonds. The molecular weight excluding hydrogens is 357 g/mol. The lowest BCUT2D eigenvalue weighted by atomic mass is 9.96. The predicted molar refractivity (Wildman–Crippen MR) is 69.2 cm³/mol. The van der Waals surface area contributed by atoms with E-state index in [9.17, 15) is 22.0 Å². The van der Waals surface area contributed by atoms with Crippen molar-refractivity contribution in [3.63, 3.8) is 0 Å². The van der Waals surface area contributed by atoms with E-state index in [2.05, 4.69) is 15.9 Å². The summed E-state index contributed by atoms with van der Waals surface area (Å²) >= 11 is 3.11. The quantitative estimate of drug-likeness (QED) is 0.633.